The van der Waals surface area contributed by atoms with Crippen LogP contribution in [0.25, 0.3) is 0 Å². The molecule has 0 aliphatic carbocycles. The first-order valence-corrected chi connectivity index (χ1v) is 8.15. The molecule has 2 aromatic rings. The monoisotopic (exact) mass is 397 g/mol. The van der Waals surface area contributed by atoms with Crippen LogP contribution < -0.4 is 14.8 Å². The Bertz CT molecular complexity index is 721. The number of hydrogen-bond donors (Lipinski definition) is 1. The first-order valence-electron chi connectivity index (χ1n) is 6.98. The van der Waals surface area contributed by atoms with E-state index in [2.05, 4.69) is 21.2 Å². The molecule has 0 fully saturated rings. The standard InChI is InChI=1S/C17H17BrClNO3/c1-10-4-6-15(13(18)8-10)23-11(2)17(21)20-14-9-12(19)5-7-16(14)22-3/h4-9,11H,1-3H3,(H,20,21)/t11-/m0/s1. The average Bonchev–Trinajstić information content (AvgIpc) is 2.50. The van der Waals surface area contributed by atoms with E-state index in [9.17, 15) is 4.79 Å². The van der Waals surface area contributed by atoms with Crippen LogP contribution in [0, 0.1) is 6.92 Å². The van der Waals surface area contributed by atoms with Gasteiger partial charge in [0.2, 0.25) is 0 Å². The quantitative estimate of drug-likeness (QED) is 0.785. The van der Waals surface area contributed by atoms with Crippen molar-refractivity contribution in [2.45, 2.75) is 20.0 Å². The summed E-state index contributed by atoms with van der Waals surface area (Å²) < 4.78 is 11.7. The molecule has 0 unspecified atom stereocenters. The minimum absolute atomic E-state index is 0.293. The zero-order chi connectivity index (χ0) is 17.0. The molecule has 1 N–H and O–H groups in total. The lowest BCUT2D eigenvalue weighted by Gasteiger charge is -2.17. The molecule has 0 aliphatic heterocycles. The Morgan fingerprint density at radius 1 is 1.22 bits per heavy atom. The summed E-state index contributed by atoms with van der Waals surface area (Å²) in [5.74, 6) is 0.848. The molecule has 0 radical (unpaired) electrons. The van der Waals surface area contributed by atoms with Crippen LogP contribution in [0.4, 0.5) is 5.69 Å². The maximum atomic E-state index is 12.3. The van der Waals surface area contributed by atoms with Crippen LogP contribution in [0.3, 0.4) is 0 Å². The molecule has 122 valence electrons. The minimum atomic E-state index is -0.683. The van der Waals surface area contributed by atoms with Gasteiger partial charge in [0.25, 0.3) is 5.91 Å². The molecule has 23 heavy (non-hydrogen) atoms. The average molecular weight is 399 g/mol. The van der Waals surface area contributed by atoms with E-state index in [-0.39, 0.29) is 5.91 Å². The zero-order valence-corrected chi connectivity index (χ0v) is 15.4. The molecule has 6 heteroatoms. The van der Waals surface area contributed by atoms with Crippen molar-refractivity contribution in [2.75, 3.05) is 12.4 Å². The van der Waals surface area contributed by atoms with Gasteiger partial charge >= 0.3 is 0 Å². The van der Waals surface area contributed by atoms with E-state index in [4.69, 9.17) is 21.1 Å². The lowest BCUT2D eigenvalue weighted by molar-refractivity contribution is -0.122. The topological polar surface area (TPSA) is 47.6 Å². The summed E-state index contributed by atoms with van der Waals surface area (Å²) in [7, 11) is 1.53. The summed E-state index contributed by atoms with van der Waals surface area (Å²) in [6, 6.07) is 10.7. The van der Waals surface area contributed by atoms with Crippen molar-refractivity contribution < 1.29 is 14.3 Å². The molecule has 2 aromatic carbocycles. The summed E-state index contributed by atoms with van der Waals surface area (Å²) in [4.78, 5) is 12.3. The fourth-order valence-corrected chi connectivity index (χ4v) is 2.72. The van der Waals surface area contributed by atoms with E-state index < -0.39 is 6.10 Å². The van der Waals surface area contributed by atoms with Gasteiger partial charge < -0.3 is 14.8 Å². The van der Waals surface area contributed by atoms with Crippen LogP contribution in [0.5, 0.6) is 11.5 Å². The van der Waals surface area contributed by atoms with Gasteiger partial charge in [0.05, 0.1) is 17.3 Å². The normalized spacial score (nSPS) is 11.7. The molecule has 0 saturated carbocycles. The number of carbonyl (C=O) groups excluding carboxylic acids is 1. The number of nitrogens with one attached hydrogen (secondary N) is 1. The maximum absolute atomic E-state index is 12.3. The number of anilines is 1. The van der Waals surface area contributed by atoms with Crippen molar-refractivity contribution in [1.29, 1.82) is 0 Å². The largest absolute Gasteiger partial charge is 0.495 e. The first kappa shape index (κ1) is 17.6. The van der Waals surface area contributed by atoms with E-state index in [1.54, 1.807) is 25.1 Å². The number of carbonyl (C=O) groups is 1. The Labute approximate surface area is 148 Å². The van der Waals surface area contributed by atoms with Gasteiger partial charge in [-0.2, -0.15) is 0 Å². The van der Waals surface area contributed by atoms with Crippen molar-refractivity contribution >= 4 is 39.1 Å². The minimum Gasteiger partial charge on any atom is -0.495 e. The summed E-state index contributed by atoms with van der Waals surface area (Å²) in [5.41, 5.74) is 1.61. The molecule has 0 bridgehead atoms. The first-order chi connectivity index (χ1) is 10.9. The highest BCUT2D eigenvalue weighted by Gasteiger charge is 2.18. The van der Waals surface area contributed by atoms with Crippen LogP contribution in [0.15, 0.2) is 40.9 Å². The van der Waals surface area contributed by atoms with Crippen LogP contribution in [0.1, 0.15) is 12.5 Å². The molecular formula is C17H17BrClNO3. The van der Waals surface area contributed by atoms with Gasteiger partial charge in [-0.05, 0) is 65.7 Å². The zero-order valence-electron chi connectivity index (χ0n) is 13.0. The summed E-state index contributed by atoms with van der Waals surface area (Å²) >= 11 is 9.39. The molecule has 0 heterocycles. The highest BCUT2D eigenvalue weighted by atomic mass is 79.9. The second-order valence-corrected chi connectivity index (χ2v) is 6.32. The Morgan fingerprint density at radius 3 is 2.57 bits per heavy atom. The van der Waals surface area contributed by atoms with Gasteiger partial charge in [0.1, 0.15) is 11.5 Å². The second-order valence-electron chi connectivity index (χ2n) is 5.03. The van der Waals surface area contributed by atoms with Crippen LogP contribution in [0.2, 0.25) is 5.02 Å². The number of methoxy groups -OCH3 is 1. The van der Waals surface area contributed by atoms with Gasteiger partial charge in [0.15, 0.2) is 6.10 Å². The predicted octanol–water partition coefficient (Wildman–Crippen LogP) is 4.83. The van der Waals surface area contributed by atoms with Gasteiger partial charge in [-0.1, -0.05) is 17.7 Å². The maximum Gasteiger partial charge on any atom is 0.265 e. The second kappa shape index (κ2) is 7.70. The third kappa shape index (κ3) is 4.62. The number of rotatable bonds is 5. The predicted molar refractivity (Wildman–Crippen MR) is 95.6 cm³/mol. The van der Waals surface area contributed by atoms with E-state index in [0.717, 1.165) is 10.0 Å². The number of ether oxygens (including phenoxy) is 2. The summed E-state index contributed by atoms with van der Waals surface area (Å²) in [6.45, 7) is 3.66. The van der Waals surface area contributed by atoms with Gasteiger partial charge in [0, 0.05) is 5.02 Å². The van der Waals surface area contributed by atoms with Crippen LogP contribution >= 0.6 is 27.5 Å². The fourth-order valence-electron chi connectivity index (χ4n) is 1.96. The molecule has 1 atom stereocenters. The summed E-state index contributed by atoms with van der Waals surface area (Å²) in [5, 5.41) is 3.27. The molecule has 0 spiro atoms. The molecule has 0 aromatic heterocycles. The highest BCUT2D eigenvalue weighted by Crippen LogP contribution is 2.29. The van der Waals surface area contributed by atoms with Crippen molar-refractivity contribution in [3.63, 3.8) is 0 Å². The summed E-state index contributed by atoms with van der Waals surface area (Å²) in [6.07, 6.45) is -0.683. The highest BCUT2D eigenvalue weighted by molar-refractivity contribution is 9.10. The van der Waals surface area contributed by atoms with Crippen LogP contribution in [-0.2, 0) is 4.79 Å². The Hall–Kier alpha value is -1.72. The number of amides is 1. The van der Waals surface area contributed by atoms with Gasteiger partial charge in [-0.25, -0.2) is 0 Å². The molecule has 2 rings (SSSR count). The molecule has 0 saturated heterocycles. The van der Waals surface area contributed by atoms with Gasteiger partial charge in [-0.3, -0.25) is 4.79 Å². The Balaban J connectivity index is 2.10. The van der Waals surface area contributed by atoms with E-state index in [1.165, 1.54) is 7.11 Å². The van der Waals surface area contributed by atoms with Crippen molar-refractivity contribution in [1.82, 2.24) is 0 Å². The third-order valence-electron chi connectivity index (χ3n) is 3.18. The molecule has 4 nitrogen and oxygen atoms in total. The number of hydrogen-bond acceptors (Lipinski definition) is 3. The number of halogens is 2. The molecular weight excluding hydrogens is 382 g/mol. The third-order valence-corrected chi connectivity index (χ3v) is 4.03. The van der Waals surface area contributed by atoms with E-state index in [0.29, 0.717) is 22.2 Å². The number of aryl methyl sites for hydroxylation is 1. The van der Waals surface area contributed by atoms with E-state index in [1.807, 2.05) is 25.1 Å². The SMILES string of the molecule is COc1ccc(Cl)cc1NC(=O)[C@H](C)Oc1ccc(C)cc1Br. The van der Waals surface area contributed by atoms with Crippen molar-refractivity contribution in [3.8, 4) is 11.5 Å². The molecule has 1 amide bonds. The van der Waals surface area contributed by atoms with E-state index >= 15 is 0 Å². The fraction of sp³-hybridized carbons (Fsp3) is 0.235. The van der Waals surface area contributed by atoms with Crippen molar-refractivity contribution in [3.05, 3.63) is 51.5 Å². The van der Waals surface area contributed by atoms with Crippen molar-refractivity contribution in [2.24, 2.45) is 0 Å². The lowest BCUT2D eigenvalue weighted by Crippen LogP contribution is -2.30. The Morgan fingerprint density at radius 2 is 1.91 bits per heavy atom. The Kier molecular flexibility index (Phi) is 5.91. The van der Waals surface area contributed by atoms with Gasteiger partial charge in [-0.15, -0.1) is 0 Å². The van der Waals surface area contributed by atoms with Crippen LogP contribution in [-0.4, -0.2) is 19.1 Å². The lowest BCUT2D eigenvalue weighted by atomic mass is 10.2. The smallest absolute Gasteiger partial charge is 0.265 e. The molecule has 0 aliphatic rings. The number of benzene rings is 2.